The minimum Gasteiger partial charge on any atom is -0.469 e. The van der Waals surface area contributed by atoms with Crippen LogP contribution in [0, 0.1) is 5.92 Å². The molecule has 1 amide bonds. The second-order valence-electron chi connectivity index (χ2n) is 5.56. The molecule has 0 aliphatic carbocycles. The predicted octanol–water partition coefficient (Wildman–Crippen LogP) is 2.72. The average molecular weight is 321 g/mol. The van der Waals surface area contributed by atoms with Crippen LogP contribution in [0.25, 0.3) is 0 Å². The molecule has 0 radical (unpaired) electrons. The number of amides is 1. The number of piperidine rings is 1. The zero-order valence-electron chi connectivity index (χ0n) is 13.2. The standard InChI is InChI=1S/C17H23NO3S/c1-13(22-12-14-6-4-3-5-7-14)16(19)18-10-8-15(9-11-18)17(20)21-2/h3-7,13,15H,8-12H2,1-2H3. The highest BCUT2D eigenvalue weighted by atomic mass is 32.2. The van der Waals surface area contributed by atoms with Crippen LogP contribution in [0.4, 0.5) is 0 Å². The van der Waals surface area contributed by atoms with Gasteiger partial charge in [0.15, 0.2) is 0 Å². The fraction of sp³-hybridized carbons (Fsp3) is 0.529. The van der Waals surface area contributed by atoms with Crippen molar-refractivity contribution in [1.82, 2.24) is 4.90 Å². The van der Waals surface area contributed by atoms with Crippen molar-refractivity contribution in [3.05, 3.63) is 35.9 Å². The molecule has 0 spiro atoms. The maximum atomic E-state index is 12.5. The van der Waals surface area contributed by atoms with Gasteiger partial charge < -0.3 is 9.64 Å². The Kier molecular flexibility index (Phi) is 6.31. The van der Waals surface area contributed by atoms with Gasteiger partial charge in [-0.3, -0.25) is 9.59 Å². The third kappa shape index (κ3) is 4.50. The van der Waals surface area contributed by atoms with Crippen molar-refractivity contribution in [3.8, 4) is 0 Å². The van der Waals surface area contributed by atoms with Gasteiger partial charge in [-0.05, 0) is 25.3 Å². The van der Waals surface area contributed by atoms with E-state index in [2.05, 4.69) is 12.1 Å². The summed E-state index contributed by atoms with van der Waals surface area (Å²) in [6.07, 6.45) is 1.41. The van der Waals surface area contributed by atoms with E-state index in [0.717, 1.165) is 5.75 Å². The lowest BCUT2D eigenvalue weighted by atomic mass is 9.97. The molecule has 0 aromatic heterocycles. The van der Waals surface area contributed by atoms with Gasteiger partial charge in [0, 0.05) is 18.8 Å². The van der Waals surface area contributed by atoms with Crippen molar-refractivity contribution in [2.24, 2.45) is 5.92 Å². The summed E-state index contributed by atoms with van der Waals surface area (Å²) in [5, 5.41) is -0.0603. The molecule has 22 heavy (non-hydrogen) atoms. The van der Waals surface area contributed by atoms with E-state index in [1.807, 2.05) is 30.0 Å². The summed E-state index contributed by atoms with van der Waals surface area (Å²) in [5.74, 6) is 0.802. The number of esters is 1. The van der Waals surface area contributed by atoms with Crippen molar-refractivity contribution in [1.29, 1.82) is 0 Å². The first-order valence-electron chi connectivity index (χ1n) is 7.64. The highest BCUT2D eigenvalue weighted by Gasteiger charge is 2.29. The molecule has 5 heteroatoms. The van der Waals surface area contributed by atoms with E-state index in [1.54, 1.807) is 11.8 Å². The van der Waals surface area contributed by atoms with E-state index < -0.39 is 0 Å². The van der Waals surface area contributed by atoms with Gasteiger partial charge in [-0.1, -0.05) is 30.3 Å². The van der Waals surface area contributed by atoms with Gasteiger partial charge in [0.05, 0.1) is 18.3 Å². The molecular formula is C17H23NO3S. The van der Waals surface area contributed by atoms with Crippen LogP contribution in [-0.4, -0.2) is 42.2 Å². The van der Waals surface area contributed by atoms with E-state index in [0.29, 0.717) is 25.9 Å². The normalized spacial score (nSPS) is 17.1. The minimum atomic E-state index is -0.154. The highest BCUT2D eigenvalue weighted by Crippen LogP contribution is 2.23. The first kappa shape index (κ1) is 16.9. The van der Waals surface area contributed by atoms with Crippen LogP contribution in [0.1, 0.15) is 25.3 Å². The lowest BCUT2D eigenvalue weighted by molar-refractivity contribution is -0.148. The van der Waals surface area contributed by atoms with Crippen LogP contribution < -0.4 is 0 Å². The second kappa shape index (κ2) is 8.22. The third-order valence-corrected chi connectivity index (χ3v) is 5.23. The van der Waals surface area contributed by atoms with E-state index in [9.17, 15) is 9.59 Å². The predicted molar refractivity (Wildman–Crippen MR) is 88.5 cm³/mol. The number of thioether (sulfide) groups is 1. The number of benzene rings is 1. The smallest absolute Gasteiger partial charge is 0.308 e. The van der Waals surface area contributed by atoms with Crippen molar-refractivity contribution in [3.63, 3.8) is 0 Å². The highest BCUT2D eigenvalue weighted by molar-refractivity contribution is 7.99. The Morgan fingerprint density at radius 1 is 1.27 bits per heavy atom. The van der Waals surface area contributed by atoms with Gasteiger partial charge in [-0.2, -0.15) is 0 Å². The maximum absolute atomic E-state index is 12.5. The van der Waals surface area contributed by atoms with Gasteiger partial charge in [0.1, 0.15) is 0 Å². The maximum Gasteiger partial charge on any atom is 0.308 e. The molecule has 0 bridgehead atoms. The number of hydrogen-bond acceptors (Lipinski definition) is 4. The molecule has 1 unspecified atom stereocenters. The zero-order chi connectivity index (χ0) is 15.9. The Hall–Kier alpha value is -1.49. The van der Waals surface area contributed by atoms with Crippen LogP contribution in [0.15, 0.2) is 30.3 Å². The SMILES string of the molecule is COC(=O)C1CCN(C(=O)C(C)SCc2ccccc2)CC1. The van der Waals surface area contributed by atoms with Crippen molar-refractivity contribution in [2.75, 3.05) is 20.2 Å². The molecule has 120 valence electrons. The number of likely N-dealkylation sites (tertiary alicyclic amines) is 1. The van der Waals surface area contributed by atoms with E-state index >= 15 is 0 Å². The fourth-order valence-electron chi connectivity index (χ4n) is 2.63. The van der Waals surface area contributed by atoms with Gasteiger partial charge in [0.25, 0.3) is 0 Å². The average Bonchev–Trinajstić information content (AvgIpc) is 2.59. The number of carbonyl (C=O) groups is 2. The number of hydrogen-bond donors (Lipinski definition) is 0. The summed E-state index contributed by atoms with van der Waals surface area (Å²) < 4.78 is 4.77. The monoisotopic (exact) mass is 321 g/mol. The molecule has 1 saturated heterocycles. The number of carbonyl (C=O) groups excluding carboxylic acids is 2. The molecule has 0 N–H and O–H groups in total. The summed E-state index contributed by atoms with van der Waals surface area (Å²) in [6.45, 7) is 3.26. The molecule has 2 rings (SSSR count). The Labute approximate surface area is 136 Å². The number of nitrogens with zero attached hydrogens (tertiary/aromatic N) is 1. The molecule has 1 aliphatic rings. The van der Waals surface area contributed by atoms with Crippen molar-refractivity contribution in [2.45, 2.75) is 30.8 Å². The number of rotatable bonds is 5. The Bertz CT molecular complexity index is 498. The first-order chi connectivity index (χ1) is 10.6. The van der Waals surface area contributed by atoms with Crippen LogP contribution in [0.3, 0.4) is 0 Å². The quantitative estimate of drug-likeness (QED) is 0.782. The molecule has 1 fully saturated rings. The molecule has 1 atom stereocenters. The molecule has 1 aliphatic heterocycles. The number of methoxy groups -OCH3 is 1. The van der Waals surface area contributed by atoms with Crippen LogP contribution >= 0.6 is 11.8 Å². The Balaban J connectivity index is 1.78. The lowest BCUT2D eigenvalue weighted by Crippen LogP contribution is -2.43. The van der Waals surface area contributed by atoms with Crippen molar-refractivity contribution < 1.29 is 14.3 Å². The molecule has 1 heterocycles. The van der Waals surface area contributed by atoms with Gasteiger partial charge in [-0.25, -0.2) is 0 Å². The molecular weight excluding hydrogens is 298 g/mol. The molecule has 0 saturated carbocycles. The largest absolute Gasteiger partial charge is 0.469 e. The van der Waals surface area contributed by atoms with Gasteiger partial charge in [-0.15, -0.1) is 11.8 Å². The topological polar surface area (TPSA) is 46.6 Å². The summed E-state index contributed by atoms with van der Waals surface area (Å²) in [4.78, 5) is 25.8. The van der Waals surface area contributed by atoms with Gasteiger partial charge >= 0.3 is 5.97 Å². The lowest BCUT2D eigenvalue weighted by Gasteiger charge is -2.32. The first-order valence-corrected chi connectivity index (χ1v) is 8.69. The summed E-state index contributed by atoms with van der Waals surface area (Å²) in [7, 11) is 1.42. The van der Waals surface area contributed by atoms with Crippen LogP contribution in [0.2, 0.25) is 0 Å². The van der Waals surface area contributed by atoms with Crippen LogP contribution in [-0.2, 0) is 20.1 Å². The number of ether oxygens (including phenoxy) is 1. The molecule has 1 aromatic rings. The van der Waals surface area contributed by atoms with E-state index in [1.165, 1.54) is 12.7 Å². The Morgan fingerprint density at radius 3 is 2.50 bits per heavy atom. The molecule has 1 aromatic carbocycles. The zero-order valence-corrected chi connectivity index (χ0v) is 14.0. The van der Waals surface area contributed by atoms with Crippen LogP contribution in [0.5, 0.6) is 0 Å². The third-order valence-electron chi connectivity index (χ3n) is 4.03. The summed E-state index contributed by atoms with van der Waals surface area (Å²) >= 11 is 1.66. The fourth-order valence-corrected chi connectivity index (χ4v) is 3.55. The molecule has 4 nitrogen and oxygen atoms in total. The van der Waals surface area contributed by atoms with Crippen molar-refractivity contribution >= 4 is 23.6 Å². The summed E-state index contributed by atoms with van der Waals surface area (Å²) in [6, 6.07) is 10.2. The minimum absolute atomic E-state index is 0.0543. The van der Waals surface area contributed by atoms with Gasteiger partial charge in [0.2, 0.25) is 5.91 Å². The van der Waals surface area contributed by atoms with E-state index in [4.69, 9.17) is 4.74 Å². The van der Waals surface area contributed by atoms with E-state index in [-0.39, 0.29) is 23.0 Å². The Morgan fingerprint density at radius 2 is 1.91 bits per heavy atom. The second-order valence-corrected chi connectivity index (χ2v) is 6.89. The summed E-state index contributed by atoms with van der Waals surface area (Å²) in [5.41, 5.74) is 1.23.